The van der Waals surface area contributed by atoms with Crippen LogP contribution in [0.2, 0.25) is 0 Å². The van der Waals surface area contributed by atoms with Gasteiger partial charge in [0.2, 0.25) is 5.82 Å². The van der Waals surface area contributed by atoms with Crippen LogP contribution in [0.3, 0.4) is 0 Å². The highest BCUT2D eigenvalue weighted by molar-refractivity contribution is 5.66. The minimum absolute atomic E-state index is 0.416. The van der Waals surface area contributed by atoms with Crippen molar-refractivity contribution in [3.8, 4) is 34.2 Å². The Balaban J connectivity index is 1.69. The molecule has 0 fully saturated rings. The lowest BCUT2D eigenvalue weighted by atomic mass is 9.94. The van der Waals surface area contributed by atoms with Gasteiger partial charge in [0.05, 0.1) is 5.69 Å². The van der Waals surface area contributed by atoms with Crippen molar-refractivity contribution >= 4 is 0 Å². The zero-order valence-electron chi connectivity index (χ0n) is 17.0. The number of aromatic nitrogens is 4. The Morgan fingerprint density at radius 1 is 1.07 bits per heavy atom. The molecule has 0 spiro atoms. The van der Waals surface area contributed by atoms with Gasteiger partial charge in [-0.05, 0) is 66.8 Å². The van der Waals surface area contributed by atoms with Crippen molar-refractivity contribution in [3.05, 3.63) is 65.2 Å². The molecule has 6 nitrogen and oxygen atoms in total. The summed E-state index contributed by atoms with van der Waals surface area (Å²) < 4.78 is 7.37. The van der Waals surface area contributed by atoms with E-state index in [0.29, 0.717) is 24.0 Å². The summed E-state index contributed by atoms with van der Waals surface area (Å²) in [6, 6.07) is 16.3. The molecule has 0 aliphatic rings. The summed E-state index contributed by atoms with van der Waals surface area (Å²) in [6.07, 6.45) is 1.82. The van der Waals surface area contributed by atoms with Crippen LogP contribution in [0.4, 0.5) is 0 Å². The fourth-order valence-corrected chi connectivity index (χ4v) is 3.73. The molecular weight excluding hydrogens is 362 g/mol. The maximum atomic E-state index is 5.78. The topological polar surface area (TPSA) is 82.8 Å². The third-order valence-electron chi connectivity index (χ3n) is 5.19. The molecule has 0 amide bonds. The Morgan fingerprint density at radius 2 is 1.86 bits per heavy atom. The molecule has 29 heavy (non-hydrogen) atoms. The van der Waals surface area contributed by atoms with E-state index in [2.05, 4.69) is 53.4 Å². The zero-order valence-corrected chi connectivity index (χ0v) is 17.0. The predicted molar refractivity (Wildman–Crippen MR) is 114 cm³/mol. The Labute approximate surface area is 170 Å². The first-order valence-corrected chi connectivity index (χ1v) is 9.87. The van der Waals surface area contributed by atoms with Crippen LogP contribution in [0.5, 0.6) is 0 Å². The van der Waals surface area contributed by atoms with Crippen molar-refractivity contribution in [1.29, 1.82) is 0 Å². The van der Waals surface area contributed by atoms with Crippen LogP contribution < -0.4 is 5.73 Å². The van der Waals surface area contributed by atoms with E-state index in [1.165, 1.54) is 16.7 Å². The second-order valence-corrected chi connectivity index (χ2v) is 7.15. The van der Waals surface area contributed by atoms with Gasteiger partial charge in [-0.1, -0.05) is 42.4 Å². The molecule has 0 aliphatic carbocycles. The SMILES string of the molecule is CCc1cc(-c2noc(-c3cc(-c4ccccc4)n(C)n3)n2)cc(C)c1CCN. The monoisotopic (exact) mass is 387 g/mol. The predicted octanol–water partition coefficient (Wildman–Crippen LogP) is 4.18. The van der Waals surface area contributed by atoms with E-state index < -0.39 is 0 Å². The summed E-state index contributed by atoms with van der Waals surface area (Å²) in [5, 5.41) is 8.77. The van der Waals surface area contributed by atoms with E-state index in [9.17, 15) is 0 Å². The van der Waals surface area contributed by atoms with Crippen molar-refractivity contribution in [2.75, 3.05) is 6.54 Å². The summed E-state index contributed by atoms with van der Waals surface area (Å²) >= 11 is 0. The van der Waals surface area contributed by atoms with Crippen LogP contribution in [-0.4, -0.2) is 26.5 Å². The summed E-state index contributed by atoms with van der Waals surface area (Å²) in [5.74, 6) is 0.989. The van der Waals surface area contributed by atoms with E-state index in [-0.39, 0.29) is 0 Å². The number of nitrogens with two attached hydrogens (primary N) is 1. The van der Waals surface area contributed by atoms with Gasteiger partial charge >= 0.3 is 0 Å². The third-order valence-corrected chi connectivity index (χ3v) is 5.19. The smallest absolute Gasteiger partial charge is 0.278 e. The van der Waals surface area contributed by atoms with Crippen molar-refractivity contribution in [1.82, 2.24) is 19.9 Å². The van der Waals surface area contributed by atoms with Crippen LogP contribution in [0.25, 0.3) is 34.2 Å². The highest BCUT2D eigenvalue weighted by atomic mass is 16.5. The standard InChI is InChI=1S/C23H25N5O/c1-4-16-13-18(12-15(2)19(16)10-11-24)22-25-23(29-27-22)20-14-21(28(3)26-20)17-8-6-5-7-9-17/h5-9,12-14H,4,10-11,24H2,1-3H3. The fraction of sp³-hybridized carbons (Fsp3) is 0.261. The Hall–Kier alpha value is -3.25. The number of rotatable bonds is 6. The lowest BCUT2D eigenvalue weighted by Gasteiger charge is -2.12. The first-order valence-electron chi connectivity index (χ1n) is 9.87. The fourth-order valence-electron chi connectivity index (χ4n) is 3.73. The lowest BCUT2D eigenvalue weighted by molar-refractivity contribution is 0.430. The van der Waals surface area contributed by atoms with E-state index in [0.717, 1.165) is 29.7 Å². The molecule has 0 atom stereocenters. The molecule has 0 aliphatic heterocycles. The maximum absolute atomic E-state index is 5.78. The molecule has 0 saturated heterocycles. The quantitative estimate of drug-likeness (QED) is 0.537. The van der Waals surface area contributed by atoms with Gasteiger partial charge in [-0.3, -0.25) is 4.68 Å². The van der Waals surface area contributed by atoms with Crippen LogP contribution in [-0.2, 0) is 19.9 Å². The maximum Gasteiger partial charge on any atom is 0.278 e. The first kappa shape index (κ1) is 19.1. The van der Waals surface area contributed by atoms with Gasteiger partial charge in [-0.2, -0.15) is 10.1 Å². The van der Waals surface area contributed by atoms with Crippen LogP contribution in [0.15, 0.2) is 53.1 Å². The molecule has 0 saturated carbocycles. The van der Waals surface area contributed by atoms with Gasteiger partial charge in [0.25, 0.3) is 5.89 Å². The van der Waals surface area contributed by atoms with E-state index in [1.807, 2.05) is 36.0 Å². The molecule has 0 bridgehead atoms. The van der Waals surface area contributed by atoms with Crippen molar-refractivity contribution < 1.29 is 4.52 Å². The normalized spacial score (nSPS) is 11.2. The Morgan fingerprint density at radius 3 is 2.59 bits per heavy atom. The third kappa shape index (κ3) is 3.71. The second-order valence-electron chi connectivity index (χ2n) is 7.15. The van der Waals surface area contributed by atoms with Crippen molar-refractivity contribution in [3.63, 3.8) is 0 Å². The summed E-state index contributed by atoms with van der Waals surface area (Å²) in [6.45, 7) is 4.90. The zero-order chi connectivity index (χ0) is 20.4. The Kier molecular flexibility index (Phi) is 5.27. The van der Waals surface area contributed by atoms with Crippen molar-refractivity contribution in [2.45, 2.75) is 26.7 Å². The number of hydrogen-bond donors (Lipinski definition) is 1. The summed E-state index contributed by atoms with van der Waals surface area (Å²) in [7, 11) is 1.91. The number of nitrogens with zero attached hydrogens (tertiary/aromatic N) is 4. The summed E-state index contributed by atoms with van der Waals surface area (Å²) in [4.78, 5) is 4.61. The molecule has 2 heterocycles. The second kappa shape index (κ2) is 8.01. The van der Waals surface area contributed by atoms with Gasteiger partial charge in [0, 0.05) is 12.6 Å². The van der Waals surface area contributed by atoms with Gasteiger partial charge in [0.15, 0.2) is 5.69 Å². The van der Waals surface area contributed by atoms with Gasteiger partial charge in [-0.15, -0.1) is 0 Å². The first-order chi connectivity index (χ1) is 14.1. The number of benzene rings is 2. The van der Waals surface area contributed by atoms with Crippen LogP contribution >= 0.6 is 0 Å². The van der Waals surface area contributed by atoms with Crippen LogP contribution in [0.1, 0.15) is 23.6 Å². The average Bonchev–Trinajstić information content (AvgIpc) is 3.37. The molecule has 2 N–H and O–H groups in total. The van der Waals surface area contributed by atoms with Gasteiger partial charge in [0.1, 0.15) is 0 Å². The van der Waals surface area contributed by atoms with Crippen LogP contribution in [0, 0.1) is 6.92 Å². The molecule has 2 aromatic heterocycles. The molecule has 2 aromatic carbocycles. The molecule has 4 rings (SSSR count). The highest BCUT2D eigenvalue weighted by Crippen LogP contribution is 2.28. The average molecular weight is 387 g/mol. The summed E-state index contributed by atoms with van der Waals surface area (Å²) in [5.41, 5.74) is 13.3. The molecule has 4 aromatic rings. The highest BCUT2D eigenvalue weighted by Gasteiger charge is 2.17. The van der Waals surface area contributed by atoms with Gasteiger partial charge < -0.3 is 10.3 Å². The van der Waals surface area contributed by atoms with Gasteiger partial charge in [-0.25, -0.2) is 0 Å². The van der Waals surface area contributed by atoms with E-state index >= 15 is 0 Å². The van der Waals surface area contributed by atoms with E-state index in [4.69, 9.17) is 10.3 Å². The molecular formula is C23H25N5O. The Bertz CT molecular complexity index is 1130. The minimum Gasteiger partial charge on any atom is -0.332 e. The molecule has 148 valence electrons. The molecule has 6 heteroatoms. The molecule has 0 unspecified atom stereocenters. The molecule has 0 radical (unpaired) electrons. The van der Waals surface area contributed by atoms with Crippen molar-refractivity contribution in [2.24, 2.45) is 12.8 Å². The lowest BCUT2D eigenvalue weighted by Crippen LogP contribution is -2.07. The largest absolute Gasteiger partial charge is 0.332 e. The van der Waals surface area contributed by atoms with E-state index in [1.54, 1.807) is 0 Å². The number of aryl methyl sites for hydroxylation is 3. The number of hydrogen-bond acceptors (Lipinski definition) is 5. The minimum atomic E-state index is 0.416.